The highest BCUT2D eigenvalue weighted by molar-refractivity contribution is 5.26. The molecule has 0 bridgehead atoms. The largest absolute Gasteiger partial charge is 0.497 e. The van der Waals surface area contributed by atoms with Gasteiger partial charge in [0, 0.05) is 0 Å². The summed E-state index contributed by atoms with van der Waals surface area (Å²) in [5.74, 6) is 0.829. The lowest BCUT2D eigenvalue weighted by Gasteiger charge is -2.11. The molecule has 0 amide bonds. The molecule has 0 aromatic heterocycles. The van der Waals surface area contributed by atoms with Gasteiger partial charge in [-0.3, -0.25) is 0 Å². The number of rotatable bonds is 7. The SMILES string of the molecule is CCCCC(O)OCc1ccc(OC)cc1. The summed E-state index contributed by atoms with van der Waals surface area (Å²) in [5.41, 5.74) is 1.04. The van der Waals surface area contributed by atoms with Gasteiger partial charge in [0.05, 0.1) is 13.7 Å². The molecule has 0 saturated heterocycles. The molecular formula is C13H20O3. The molecule has 1 atom stereocenters. The second-order valence-corrected chi connectivity index (χ2v) is 3.76. The summed E-state index contributed by atoms with van der Waals surface area (Å²) in [7, 11) is 1.64. The summed E-state index contributed by atoms with van der Waals surface area (Å²) in [5, 5.41) is 9.50. The molecule has 0 spiro atoms. The fraction of sp³-hybridized carbons (Fsp3) is 0.538. The number of benzene rings is 1. The van der Waals surface area contributed by atoms with Crippen molar-refractivity contribution in [3.63, 3.8) is 0 Å². The van der Waals surface area contributed by atoms with Crippen molar-refractivity contribution in [3.8, 4) is 5.75 Å². The van der Waals surface area contributed by atoms with Crippen LogP contribution in [0.3, 0.4) is 0 Å². The third-order valence-electron chi connectivity index (χ3n) is 2.41. The van der Waals surface area contributed by atoms with Crippen molar-refractivity contribution in [2.24, 2.45) is 0 Å². The van der Waals surface area contributed by atoms with Gasteiger partial charge in [0.2, 0.25) is 0 Å². The molecule has 0 aliphatic heterocycles. The first-order valence-corrected chi connectivity index (χ1v) is 5.69. The first-order chi connectivity index (χ1) is 7.76. The topological polar surface area (TPSA) is 38.7 Å². The Labute approximate surface area is 97.0 Å². The number of aliphatic hydroxyl groups is 1. The van der Waals surface area contributed by atoms with E-state index in [1.54, 1.807) is 7.11 Å². The average Bonchev–Trinajstić information content (AvgIpc) is 2.34. The molecule has 3 heteroatoms. The fourth-order valence-corrected chi connectivity index (χ4v) is 1.38. The van der Waals surface area contributed by atoms with Crippen molar-refractivity contribution in [3.05, 3.63) is 29.8 Å². The number of unbranched alkanes of at least 4 members (excludes halogenated alkanes) is 1. The second-order valence-electron chi connectivity index (χ2n) is 3.76. The molecular weight excluding hydrogens is 204 g/mol. The summed E-state index contributed by atoms with van der Waals surface area (Å²) in [6.07, 6.45) is 2.11. The van der Waals surface area contributed by atoms with E-state index in [4.69, 9.17) is 9.47 Å². The smallest absolute Gasteiger partial charge is 0.154 e. The maximum absolute atomic E-state index is 9.50. The first kappa shape index (κ1) is 13.0. The zero-order valence-corrected chi connectivity index (χ0v) is 9.98. The van der Waals surface area contributed by atoms with E-state index in [-0.39, 0.29) is 0 Å². The Morgan fingerprint density at radius 2 is 1.94 bits per heavy atom. The van der Waals surface area contributed by atoms with Crippen molar-refractivity contribution in [1.29, 1.82) is 0 Å². The molecule has 0 heterocycles. The van der Waals surface area contributed by atoms with Crippen LogP contribution in [0.2, 0.25) is 0 Å². The van der Waals surface area contributed by atoms with Gasteiger partial charge in [0.15, 0.2) is 6.29 Å². The van der Waals surface area contributed by atoms with Gasteiger partial charge >= 0.3 is 0 Å². The zero-order chi connectivity index (χ0) is 11.8. The summed E-state index contributed by atoms with van der Waals surface area (Å²) >= 11 is 0. The Morgan fingerprint density at radius 3 is 2.50 bits per heavy atom. The van der Waals surface area contributed by atoms with Crippen molar-refractivity contribution in [2.45, 2.75) is 39.1 Å². The molecule has 16 heavy (non-hydrogen) atoms. The highest BCUT2D eigenvalue weighted by atomic mass is 16.6. The number of aliphatic hydroxyl groups excluding tert-OH is 1. The van der Waals surface area contributed by atoms with Gasteiger partial charge in [-0.1, -0.05) is 25.5 Å². The summed E-state index contributed by atoms with van der Waals surface area (Å²) in [6, 6.07) is 7.64. The maximum atomic E-state index is 9.50. The zero-order valence-electron chi connectivity index (χ0n) is 9.98. The van der Waals surface area contributed by atoms with Crippen LogP contribution in [0.5, 0.6) is 5.75 Å². The molecule has 1 rings (SSSR count). The average molecular weight is 224 g/mol. The predicted molar refractivity (Wildman–Crippen MR) is 63.3 cm³/mol. The highest BCUT2D eigenvalue weighted by Crippen LogP contribution is 2.13. The van der Waals surface area contributed by atoms with Gasteiger partial charge < -0.3 is 14.6 Å². The Morgan fingerprint density at radius 1 is 1.25 bits per heavy atom. The molecule has 3 nitrogen and oxygen atoms in total. The number of hydrogen-bond donors (Lipinski definition) is 1. The van der Waals surface area contributed by atoms with Crippen LogP contribution in [0.15, 0.2) is 24.3 Å². The summed E-state index contributed by atoms with van der Waals surface area (Å²) in [4.78, 5) is 0. The van der Waals surface area contributed by atoms with E-state index in [0.29, 0.717) is 13.0 Å². The van der Waals surface area contributed by atoms with Crippen LogP contribution >= 0.6 is 0 Å². The molecule has 1 aromatic carbocycles. The van der Waals surface area contributed by atoms with Gasteiger partial charge in [-0.05, 0) is 30.5 Å². The minimum Gasteiger partial charge on any atom is -0.497 e. The molecule has 1 N–H and O–H groups in total. The van der Waals surface area contributed by atoms with Crippen molar-refractivity contribution in [1.82, 2.24) is 0 Å². The van der Waals surface area contributed by atoms with Crippen LogP contribution in [-0.4, -0.2) is 18.5 Å². The van der Waals surface area contributed by atoms with E-state index in [9.17, 15) is 5.11 Å². The third kappa shape index (κ3) is 4.64. The number of methoxy groups -OCH3 is 1. The van der Waals surface area contributed by atoms with Gasteiger partial charge in [-0.15, -0.1) is 0 Å². The molecule has 0 fully saturated rings. The van der Waals surface area contributed by atoms with Crippen LogP contribution in [-0.2, 0) is 11.3 Å². The van der Waals surface area contributed by atoms with Crippen LogP contribution in [0.4, 0.5) is 0 Å². The van der Waals surface area contributed by atoms with Crippen LogP contribution in [0, 0.1) is 0 Å². The van der Waals surface area contributed by atoms with Crippen molar-refractivity contribution >= 4 is 0 Å². The maximum Gasteiger partial charge on any atom is 0.154 e. The van der Waals surface area contributed by atoms with E-state index in [2.05, 4.69) is 6.92 Å². The van der Waals surface area contributed by atoms with E-state index < -0.39 is 6.29 Å². The predicted octanol–water partition coefficient (Wildman–Crippen LogP) is 2.72. The lowest BCUT2D eigenvalue weighted by Crippen LogP contribution is -2.11. The van der Waals surface area contributed by atoms with Crippen LogP contribution in [0.1, 0.15) is 31.7 Å². The van der Waals surface area contributed by atoms with Crippen LogP contribution in [0.25, 0.3) is 0 Å². The summed E-state index contributed by atoms with van der Waals surface area (Å²) < 4.78 is 10.4. The minimum atomic E-state index is -0.651. The minimum absolute atomic E-state index is 0.439. The van der Waals surface area contributed by atoms with Crippen molar-refractivity contribution < 1.29 is 14.6 Å². The normalized spacial score (nSPS) is 12.4. The monoisotopic (exact) mass is 224 g/mol. The molecule has 0 saturated carbocycles. The highest BCUT2D eigenvalue weighted by Gasteiger charge is 2.03. The Kier molecular flexibility index (Phi) is 5.90. The Hall–Kier alpha value is -1.06. The number of hydrogen-bond acceptors (Lipinski definition) is 3. The van der Waals surface area contributed by atoms with Gasteiger partial charge in [-0.2, -0.15) is 0 Å². The van der Waals surface area contributed by atoms with E-state index in [0.717, 1.165) is 24.2 Å². The molecule has 0 aliphatic carbocycles. The Balaban J connectivity index is 2.30. The van der Waals surface area contributed by atoms with Crippen molar-refractivity contribution in [2.75, 3.05) is 7.11 Å². The molecule has 1 unspecified atom stereocenters. The first-order valence-electron chi connectivity index (χ1n) is 5.69. The molecule has 0 aliphatic rings. The van der Waals surface area contributed by atoms with E-state index in [1.807, 2.05) is 24.3 Å². The number of ether oxygens (including phenoxy) is 2. The fourth-order valence-electron chi connectivity index (χ4n) is 1.38. The standard InChI is InChI=1S/C13H20O3/c1-3-4-5-13(14)16-10-11-6-8-12(15-2)9-7-11/h6-9,13-14H,3-5,10H2,1-2H3. The molecule has 90 valence electrons. The molecule has 0 radical (unpaired) electrons. The van der Waals surface area contributed by atoms with Crippen LogP contribution < -0.4 is 4.74 Å². The molecule has 1 aromatic rings. The summed E-state index contributed by atoms with van der Waals surface area (Å²) in [6.45, 7) is 2.53. The third-order valence-corrected chi connectivity index (χ3v) is 2.41. The lowest BCUT2D eigenvalue weighted by atomic mass is 10.2. The van der Waals surface area contributed by atoms with Gasteiger partial charge in [0.1, 0.15) is 5.75 Å². The second kappa shape index (κ2) is 7.25. The lowest BCUT2D eigenvalue weighted by molar-refractivity contribution is -0.112. The van der Waals surface area contributed by atoms with E-state index in [1.165, 1.54) is 0 Å². The van der Waals surface area contributed by atoms with Gasteiger partial charge in [-0.25, -0.2) is 0 Å². The van der Waals surface area contributed by atoms with E-state index >= 15 is 0 Å². The quantitative estimate of drug-likeness (QED) is 0.724. The Bertz CT molecular complexity index is 282. The van der Waals surface area contributed by atoms with Gasteiger partial charge in [0.25, 0.3) is 0 Å².